The zero-order valence-electron chi connectivity index (χ0n) is 14.9. The molecule has 24 heavy (non-hydrogen) atoms. The molecule has 0 radical (unpaired) electrons. The molecule has 1 spiro atoms. The predicted octanol–water partition coefficient (Wildman–Crippen LogP) is 1.12. The number of ether oxygens (including phenoxy) is 2. The van der Waals surface area contributed by atoms with Gasteiger partial charge in [-0.2, -0.15) is 5.10 Å². The van der Waals surface area contributed by atoms with E-state index in [2.05, 4.69) is 36.2 Å². The van der Waals surface area contributed by atoms with E-state index in [-0.39, 0.29) is 23.3 Å². The summed E-state index contributed by atoms with van der Waals surface area (Å²) in [7, 11) is 0. The lowest BCUT2D eigenvalue weighted by atomic mass is 9.99. The van der Waals surface area contributed by atoms with Crippen LogP contribution in [0.4, 0.5) is 4.79 Å². The smallest absolute Gasteiger partial charge is 0.317 e. The van der Waals surface area contributed by atoms with Gasteiger partial charge in [0, 0.05) is 19.6 Å². The van der Waals surface area contributed by atoms with Crippen LogP contribution in [-0.2, 0) is 21.6 Å². The monoisotopic (exact) mass is 337 g/mol. The highest BCUT2D eigenvalue weighted by atomic mass is 16.6. The lowest BCUT2D eigenvalue weighted by molar-refractivity contribution is -0.137. The van der Waals surface area contributed by atoms with Crippen molar-refractivity contribution in [2.45, 2.75) is 57.9 Å². The fourth-order valence-electron chi connectivity index (χ4n) is 3.40. The minimum absolute atomic E-state index is 0.00410. The van der Waals surface area contributed by atoms with Crippen LogP contribution in [0, 0.1) is 0 Å². The van der Waals surface area contributed by atoms with Crippen LogP contribution in [-0.4, -0.2) is 63.7 Å². The minimum atomic E-state index is -0.347. The Morgan fingerprint density at radius 1 is 1.50 bits per heavy atom. The first kappa shape index (κ1) is 17.2. The van der Waals surface area contributed by atoms with Crippen molar-refractivity contribution in [3.63, 3.8) is 0 Å². The average molecular weight is 337 g/mol. The fraction of sp³-hybridized carbons (Fsp3) is 0.812. The Hall–Kier alpha value is -1.67. The van der Waals surface area contributed by atoms with E-state index in [1.165, 1.54) is 6.33 Å². The summed E-state index contributed by atoms with van der Waals surface area (Å²) < 4.78 is 13.4. The number of hydrogen-bond donors (Lipinski definition) is 1. The van der Waals surface area contributed by atoms with Crippen molar-refractivity contribution in [1.29, 1.82) is 0 Å². The van der Waals surface area contributed by atoms with Gasteiger partial charge in [0.2, 0.25) is 0 Å². The van der Waals surface area contributed by atoms with E-state index in [1.54, 1.807) is 0 Å². The second kappa shape index (κ2) is 6.33. The summed E-state index contributed by atoms with van der Waals surface area (Å²) >= 11 is 0. The second-order valence-electron chi connectivity index (χ2n) is 7.71. The van der Waals surface area contributed by atoms with Gasteiger partial charge < -0.3 is 19.7 Å². The van der Waals surface area contributed by atoms with Crippen molar-refractivity contribution in [3.8, 4) is 0 Å². The van der Waals surface area contributed by atoms with Crippen LogP contribution in [0.25, 0.3) is 0 Å². The largest absolute Gasteiger partial charge is 0.378 e. The molecule has 2 saturated heterocycles. The molecule has 3 heterocycles. The van der Waals surface area contributed by atoms with E-state index in [0.29, 0.717) is 32.8 Å². The van der Waals surface area contributed by atoms with E-state index < -0.39 is 0 Å². The number of amides is 2. The number of aromatic nitrogens is 3. The Bertz CT molecular complexity index is 589. The maximum atomic E-state index is 12.6. The number of hydrogen-bond acceptors (Lipinski definition) is 5. The normalized spacial score (nSPS) is 27.7. The van der Waals surface area contributed by atoms with Crippen LogP contribution in [0.15, 0.2) is 6.33 Å². The SMILES string of the molecule is C[C@H]1CN(C(=O)NCc2ncnn2C(C)(C)C)C[C@]2(CCOC2)O1. The highest BCUT2D eigenvalue weighted by molar-refractivity contribution is 5.74. The van der Waals surface area contributed by atoms with Crippen LogP contribution in [0.2, 0.25) is 0 Å². The first-order valence-corrected chi connectivity index (χ1v) is 8.47. The summed E-state index contributed by atoms with van der Waals surface area (Å²) in [6.45, 7) is 10.9. The molecule has 2 amide bonds. The number of nitrogens with one attached hydrogen (secondary N) is 1. The maximum absolute atomic E-state index is 12.6. The molecule has 2 aliphatic heterocycles. The summed E-state index contributed by atoms with van der Waals surface area (Å²) in [5.74, 6) is 0.746. The molecule has 1 aromatic rings. The number of nitrogens with zero attached hydrogens (tertiary/aromatic N) is 4. The highest BCUT2D eigenvalue weighted by Crippen LogP contribution is 2.30. The van der Waals surface area contributed by atoms with Crippen molar-refractivity contribution in [2.24, 2.45) is 0 Å². The third-order valence-corrected chi connectivity index (χ3v) is 4.41. The standard InChI is InChI=1S/C16H27N5O3/c1-12-8-20(9-16(24-12)5-6-23-10-16)14(22)17-7-13-18-11-19-21(13)15(2,3)4/h11-12H,5-10H2,1-4H3,(H,17,22)/t12-,16-/m0/s1. The predicted molar refractivity (Wildman–Crippen MR) is 87.5 cm³/mol. The van der Waals surface area contributed by atoms with Crippen molar-refractivity contribution in [2.75, 3.05) is 26.3 Å². The molecule has 1 aromatic heterocycles. The molecular formula is C16H27N5O3. The molecule has 8 heteroatoms. The van der Waals surface area contributed by atoms with E-state index in [9.17, 15) is 4.79 Å². The molecule has 0 bridgehead atoms. The second-order valence-corrected chi connectivity index (χ2v) is 7.71. The van der Waals surface area contributed by atoms with Crippen molar-refractivity contribution < 1.29 is 14.3 Å². The van der Waals surface area contributed by atoms with Crippen LogP contribution in [0.5, 0.6) is 0 Å². The van der Waals surface area contributed by atoms with Gasteiger partial charge in [0.15, 0.2) is 0 Å². The number of urea groups is 1. The van der Waals surface area contributed by atoms with Gasteiger partial charge in [-0.1, -0.05) is 0 Å². The average Bonchev–Trinajstić information content (AvgIpc) is 3.13. The quantitative estimate of drug-likeness (QED) is 0.875. The molecule has 0 saturated carbocycles. The van der Waals surface area contributed by atoms with Crippen molar-refractivity contribution in [1.82, 2.24) is 25.0 Å². The highest BCUT2D eigenvalue weighted by Gasteiger charge is 2.44. The molecule has 1 N–H and O–H groups in total. The molecule has 3 rings (SSSR count). The summed E-state index contributed by atoms with van der Waals surface area (Å²) in [4.78, 5) is 18.7. The number of carbonyl (C=O) groups excluding carboxylic acids is 1. The molecule has 0 aromatic carbocycles. The van der Waals surface area contributed by atoms with E-state index >= 15 is 0 Å². The van der Waals surface area contributed by atoms with Gasteiger partial charge in [0.25, 0.3) is 0 Å². The van der Waals surface area contributed by atoms with Crippen LogP contribution in [0.3, 0.4) is 0 Å². The fourth-order valence-corrected chi connectivity index (χ4v) is 3.40. The van der Waals surface area contributed by atoms with Gasteiger partial charge in [-0.05, 0) is 27.7 Å². The lowest BCUT2D eigenvalue weighted by Crippen LogP contribution is -2.58. The number of morpholine rings is 1. The van der Waals surface area contributed by atoms with Crippen molar-refractivity contribution in [3.05, 3.63) is 12.2 Å². The summed E-state index contributed by atoms with van der Waals surface area (Å²) in [5.41, 5.74) is -0.518. The number of rotatable bonds is 2. The Kier molecular flexibility index (Phi) is 4.52. The first-order chi connectivity index (χ1) is 11.3. The van der Waals surface area contributed by atoms with Gasteiger partial charge in [-0.3, -0.25) is 0 Å². The number of carbonyl (C=O) groups is 1. The zero-order chi connectivity index (χ0) is 17.4. The molecular weight excluding hydrogens is 310 g/mol. The summed E-state index contributed by atoms with van der Waals surface area (Å²) in [5, 5.41) is 7.21. The summed E-state index contributed by atoms with van der Waals surface area (Å²) in [6.07, 6.45) is 2.36. The summed E-state index contributed by atoms with van der Waals surface area (Å²) in [6, 6.07) is -0.0973. The molecule has 0 unspecified atom stereocenters. The maximum Gasteiger partial charge on any atom is 0.317 e. The Balaban J connectivity index is 1.62. The van der Waals surface area contributed by atoms with Gasteiger partial charge in [0.1, 0.15) is 17.8 Å². The van der Waals surface area contributed by atoms with Gasteiger partial charge in [0.05, 0.1) is 31.3 Å². The third kappa shape index (κ3) is 3.54. The lowest BCUT2D eigenvalue weighted by Gasteiger charge is -2.42. The molecule has 0 aliphatic carbocycles. The van der Waals surface area contributed by atoms with Gasteiger partial charge >= 0.3 is 6.03 Å². The molecule has 2 fully saturated rings. The zero-order valence-corrected chi connectivity index (χ0v) is 14.9. The Morgan fingerprint density at radius 3 is 2.96 bits per heavy atom. The molecule has 8 nitrogen and oxygen atoms in total. The van der Waals surface area contributed by atoms with Crippen molar-refractivity contribution >= 4 is 6.03 Å². The molecule has 2 aliphatic rings. The van der Waals surface area contributed by atoms with Gasteiger partial charge in [-0.25, -0.2) is 14.5 Å². The Morgan fingerprint density at radius 2 is 2.29 bits per heavy atom. The Labute approximate surface area is 142 Å². The van der Waals surface area contributed by atoms with Crippen LogP contribution in [0.1, 0.15) is 39.9 Å². The van der Waals surface area contributed by atoms with Gasteiger partial charge in [-0.15, -0.1) is 0 Å². The molecule has 2 atom stereocenters. The topological polar surface area (TPSA) is 81.5 Å². The van der Waals surface area contributed by atoms with E-state index in [4.69, 9.17) is 9.47 Å². The van der Waals surface area contributed by atoms with E-state index in [0.717, 1.165) is 12.2 Å². The third-order valence-electron chi connectivity index (χ3n) is 4.41. The van der Waals surface area contributed by atoms with Crippen LogP contribution < -0.4 is 5.32 Å². The van der Waals surface area contributed by atoms with E-state index in [1.807, 2.05) is 16.5 Å². The minimum Gasteiger partial charge on any atom is -0.378 e. The first-order valence-electron chi connectivity index (χ1n) is 8.47. The van der Waals surface area contributed by atoms with Crippen LogP contribution >= 0.6 is 0 Å². The molecule has 134 valence electrons.